The maximum Gasteiger partial charge on any atom is 0.372 e. The molecule has 3 rings (SSSR count). The lowest BCUT2D eigenvalue weighted by atomic mass is 10.5. The Labute approximate surface area is 125 Å². The second-order valence-corrected chi connectivity index (χ2v) is 4.41. The monoisotopic (exact) mass is 299 g/mol. The molecule has 2 N–H and O–H groups in total. The number of anilines is 2. The Morgan fingerprint density at radius 3 is 2.86 bits per heavy atom. The van der Waals surface area contributed by atoms with E-state index < -0.39 is 4.92 Å². The molecule has 22 heavy (non-hydrogen) atoms. The van der Waals surface area contributed by atoms with Gasteiger partial charge in [-0.2, -0.15) is 9.38 Å². The first kappa shape index (κ1) is 13.7. The Kier molecular flexibility index (Phi) is 3.77. The van der Waals surface area contributed by atoms with Crippen LogP contribution in [0.2, 0.25) is 0 Å². The van der Waals surface area contributed by atoms with Crippen LogP contribution in [0.25, 0.3) is 5.65 Å². The van der Waals surface area contributed by atoms with Crippen LogP contribution in [0.3, 0.4) is 0 Å². The number of nitrogens with zero attached hydrogens (tertiary/aromatic N) is 5. The van der Waals surface area contributed by atoms with Crippen molar-refractivity contribution in [3.63, 3.8) is 0 Å². The third-order valence-electron chi connectivity index (χ3n) is 2.96. The summed E-state index contributed by atoms with van der Waals surface area (Å²) in [6, 6.07) is 5.22. The second-order valence-electron chi connectivity index (χ2n) is 4.41. The zero-order valence-corrected chi connectivity index (χ0v) is 11.5. The van der Waals surface area contributed by atoms with E-state index in [1.54, 1.807) is 43.0 Å². The highest BCUT2D eigenvalue weighted by Gasteiger charge is 2.21. The molecule has 0 aliphatic rings. The number of fused-ring (bicyclic) bond motifs is 1. The summed E-state index contributed by atoms with van der Waals surface area (Å²) in [5, 5.41) is 17.2. The van der Waals surface area contributed by atoms with Crippen LogP contribution in [0.5, 0.6) is 0 Å². The van der Waals surface area contributed by atoms with Crippen molar-refractivity contribution in [1.82, 2.24) is 19.4 Å². The third kappa shape index (κ3) is 2.77. The van der Waals surface area contributed by atoms with Crippen LogP contribution in [-0.2, 0) is 0 Å². The summed E-state index contributed by atoms with van der Waals surface area (Å²) in [6.45, 7) is 0.991. The van der Waals surface area contributed by atoms with Crippen LogP contribution in [0.15, 0.2) is 43.0 Å². The Hall–Kier alpha value is -3.23. The molecule has 3 heterocycles. The van der Waals surface area contributed by atoms with E-state index in [0.717, 1.165) is 0 Å². The summed E-state index contributed by atoms with van der Waals surface area (Å²) >= 11 is 0. The Morgan fingerprint density at radius 2 is 2.09 bits per heavy atom. The van der Waals surface area contributed by atoms with Gasteiger partial charge in [-0.25, -0.2) is 4.98 Å². The number of hydrogen-bond acceptors (Lipinski definition) is 7. The van der Waals surface area contributed by atoms with Gasteiger partial charge >= 0.3 is 5.82 Å². The molecule has 0 saturated heterocycles. The minimum absolute atomic E-state index is 0.0740. The summed E-state index contributed by atoms with van der Waals surface area (Å²) in [5.74, 6) is 0.820. The Balaban J connectivity index is 1.68. The molecule has 9 heteroatoms. The van der Waals surface area contributed by atoms with E-state index in [2.05, 4.69) is 25.6 Å². The molecule has 0 aliphatic heterocycles. The summed E-state index contributed by atoms with van der Waals surface area (Å²) in [6.07, 6.45) is 6.39. The summed E-state index contributed by atoms with van der Waals surface area (Å²) < 4.78 is 1.44. The van der Waals surface area contributed by atoms with E-state index in [1.807, 2.05) is 0 Å². The van der Waals surface area contributed by atoms with Crippen molar-refractivity contribution in [2.24, 2.45) is 0 Å². The van der Waals surface area contributed by atoms with Gasteiger partial charge in [0.25, 0.3) is 0 Å². The zero-order chi connectivity index (χ0) is 15.4. The highest BCUT2D eigenvalue weighted by atomic mass is 16.6. The fourth-order valence-electron chi connectivity index (χ4n) is 2.04. The molecule has 0 fully saturated rings. The molecule has 0 spiro atoms. The number of rotatable bonds is 6. The molecule has 0 saturated carbocycles. The predicted octanol–water partition coefficient (Wildman–Crippen LogP) is 1.56. The number of pyridine rings is 1. The number of hydrogen-bond donors (Lipinski definition) is 2. The maximum absolute atomic E-state index is 11.2. The van der Waals surface area contributed by atoms with Gasteiger partial charge in [0.15, 0.2) is 0 Å². The molecule has 112 valence electrons. The standard InChI is InChI=1S/C13H13N7O2/c21-20(22)13-12(18-11-3-1-2-8-19(11)13)17-7-6-16-10-9-14-4-5-15-10/h1-5,8-9,17H,6-7H2,(H,15,16). The molecule has 0 radical (unpaired) electrons. The summed E-state index contributed by atoms with van der Waals surface area (Å²) in [5.41, 5.74) is 0.526. The largest absolute Gasteiger partial charge is 0.372 e. The zero-order valence-electron chi connectivity index (χ0n) is 11.5. The van der Waals surface area contributed by atoms with E-state index >= 15 is 0 Å². The number of aromatic nitrogens is 4. The molecule has 3 aromatic rings. The van der Waals surface area contributed by atoms with Gasteiger partial charge in [-0.15, -0.1) is 0 Å². The van der Waals surface area contributed by atoms with Crippen LogP contribution < -0.4 is 10.6 Å². The minimum Gasteiger partial charge on any atom is -0.367 e. The molecular weight excluding hydrogens is 286 g/mol. The highest BCUT2D eigenvalue weighted by Crippen LogP contribution is 2.24. The van der Waals surface area contributed by atoms with Crippen molar-refractivity contribution < 1.29 is 4.92 Å². The number of nitrogens with one attached hydrogen (secondary N) is 2. The molecule has 0 aliphatic carbocycles. The van der Waals surface area contributed by atoms with Crippen molar-refractivity contribution in [1.29, 1.82) is 0 Å². The predicted molar refractivity (Wildman–Crippen MR) is 80.9 cm³/mol. The maximum atomic E-state index is 11.2. The van der Waals surface area contributed by atoms with Crippen molar-refractivity contribution in [2.75, 3.05) is 23.7 Å². The van der Waals surface area contributed by atoms with Crippen LogP contribution >= 0.6 is 0 Å². The third-order valence-corrected chi connectivity index (χ3v) is 2.96. The van der Waals surface area contributed by atoms with Crippen molar-refractivity contribution in [3.05, 3.63) is 53.1 Å². The van der Waals surface area contributed by atoms with E-state index in [-0.39, 0.29) is 11.6 Å². The molecule has 3 aromatic heterocycles. The topological polar surface area (TPSA) is 110 Å². The van der Waals surface area contributed by atoms with Crippen LogP contribution in [0.1, 0.15) is 0 Å². The molecule has 0 amide bonds. The van der Waals surface area contributed by atoms with Crippen LogP contribution in [0.4, 0.5) is 17.5 Å². The van der Waals surface area contributed by atoms with E-state index in [1.165, 1.54) is 4.40 Å². The number of imidazole rings is 1. The first-order valence-electron chi connectivity index (χ1n) is 6.61. The quantitative estimate of drug-likeness (QED) is 0.403. The van der Waals surface area contributed by atoms with Gasteiger partial charge in [0.1, 0.15) is 5.82 Å². The van der Waals surface area contributed by atoms with Crippen molar-refractivity contribution in [2.45, 2.75) is 0 Å². The smallest absolute Gasteiger partial charge is 0.367 e. The van der Waals surface area contributed by atoms with Gasteiger partial charge in [-0.3, -0.25) is 4.98 Å². The minimum atomic E-state index is -0.446. The molecular formula is C13H13N7O2. The van der Waals surface area contributed by atoms with Crippen molar-refractivity contribution in [3.8, 4) is 0 Å². The SMILES string of the molecule is O=[N+]([O-])c1c(NCCNc2cnccn2)nc2ccccn12. The van der Waals surface area contributed by atoms with Crippen molar-refractivity contribution >= 4 is 23.1 Å². The average Bonchev–Trinajstić information content (AvgIpc) is 2.91. The lowest BCUT2D eigenvalue weighted by molar-refractivity contribution is -0.389. The van der Waals surface area contributed by atoms with Gasteiger partial charge in [0.2, 0.25) is 11.5 Å². The Bertz CT molecular complexity index is 787. The van der Waals surface area contributed by atoms with E-state index in [9.17, 15) is 10.1 Å². The fourth-order valence-corrected chi connectivity index (χ4v) is 2.04. The normalized spacial score (nSPS) is 10.5. The first-order chi connectivity index (χ1) is 10.8. The van der Waals surface area contributed by atoms with E-state index in [0.29, 0.717) is 24.6 Å². The van der Waals surface area contributed by atoms with Gasteiger partial charge in [-0.1, -0.05) is 6.07 Å². The van der Waals surface area contributed by atoms with Gasteiger partial charge in [0.05, 0.1) is 12.4 Å². The van der Waals surface area contributed by atoms with Gasteiger partial charge in [-0.05, 0) is 11.0 Å². The Morgan fingerprint density at radius 1 is 1.23 bits per heavy atom. The first-order valence-corrected chi connectivity index (χ1v) is 6.61. The van der Waals surface area contributed by atoms with Crippen LogP contribution in [-0.4, -0.2) is 37.4 Å². The molecule has 9 nitrogen and oxygen atoms in total. The van der Waals surface area contributed by atoms with Crippen LogP contribution in [0, 0.1) is 10.1 Å². The summed E-state index contributed by atoms with van der Waals surface area (Å²) in [7, 11) is 0. The number of nitro groups is 1. The highest BCUT2D eigenvalue weighted by molar-refractivity contribution is 5.62. The second kappa shape index (κ2) is 6.04. The summed E-state index contributed by atoms with van der Waals surface area (Å²) in [4.78, 5) is 23.0. The lowest BCUT2D eigenvalue weighted by Crippen LogP contribution is -2.15. The molecule has 0 atom stereocenters. The van der Waals surface area contributed by atoms with Gasteiger partial charge in [0, 0.05) is 31.5 Å². The molecule has 0 unspecified atom stereocenters. The average molecular weight is 299 g/mol. The lowest BCUT2D eigenvalue weighted by Gasteiger charge is -2.05. The molecule has 0 aromatic carbocycles. The van der Waals surface area contributed by atoms with E-state index in [4.69, 9.17) is 0 Å². The fraction of sp³-hybridized carbons (Fsp3) is 0.154. The van der Waals surface area contributed by atoms with Gasteiger partial charge < -0.3 is 20.7 Å². The molecule has 0 bridgehead atoms.